The molecule has 0 aliphatic heterocycles. The lowest BCUT2D eigenvalue weighted by Gasteiger charge is -2.17. The van der Waals surface area contributed by atoms with Crippen LogP contribution in [0.25, 0.3) is 5.69 Å². The van der Waals surface area contributed by atoms with Crippen molar-refractivity contribution in [2.24, 2.45) is 0 Å². The van der Waals surface area contributed by atoms with E-state index in [0.717, 1.165) is 19.1 Å². The van der Waals surface area contributed by atoms with Crippen molar-refractivity contribution in [3.63, 3.8) is 0 Å². The fourth-order valence-electron chi connectivity index (χ4n) is 2.42. The van der Waals surface area contributed by atoms with Crippen LogP contribution in [0.3, 0.4) is 0 Å². The predicted octanol–water partition coefficient (Wildman–Crippen LogP) is 3.98. The SMILES string of the molecule is CCCC(Oc1cc(-n2ncc(C(F)(F)F)c(C)c2=O)c(F)cc1Cl)C(=O)O. The van der Waals surface area contributed by atoms with Crippen LogP contribution < -0.4 is 10.3 Å². The van der Waals surface area contributed by atoms with E-state index in [9.17, 15) is 27.2 Å². The van der Waals surface area contributed by atoms with Crippen LogP contribution in [0.5, 0.6) is 5.75 Å². The van der Waals surface area contributed by atoms with Gasteiger partial charge in [0.1, 0.15) is 11.4 Å². The maximum atomic E-state index is 14.3. The Labute approximate surface area is 161 Å². The number of rotatable bonds is 6. The van der Waals surface area contributed by atoms with Gasteiger partial charge in [0.2, 0.25) is 0 Å². The summed E-state index contributed by atoms with van der Waals surface area (Å²) in [6.07, 6.45) is -5.06. The van der Waals surface area contributed by atoms with E-state index in [-0.39, 0.29) is 17.2 Å². The van der Waals surface area contributed by atoms with E-state index in [4.69, 9.17) is 21.4 Å². The zero-order valence-electron chi connectivity index (χ0n) is 14.7. The van der Waals surface area contributed by atoms with Gasteiger partial charge in [-0.3, -0.25) is 4.79 Å². The third-order valence-electron chi connectivity index (χ3n) is 3.85. The molecule has 6 nitrogen and oxygen atoms in total. The van der Waals surface area contributed by atoms with Crippen LogP contribution in [0.15, 0.2) is 23.1 Å². The molecule has 0 saturated carbocycles. The van der Waals surface area contributed by atoms with Gasteiger partial charge in [-0.15, -0.1) is 0 Å². The second kappa shape index (κ2) is 8.17. The summed E-state index contributed by atoms with van der Waals surface area (Å²) in [5.41, 5.74) is -3.63. The molecule has 0 aliphatic carbocycles. The molecule has 0 bridgehead atoms. The summed E-state index contributed by atoms with van der Waals surface area (Å²) in [5, 5.41) is 12.3. The van der Waals surface area contributed by atoms with Crippen molar-refractivity contribution in [3.05, 3.63) is 50.7 Å². The quantitative estimate of drug-likeness (QED) is 0.712. The summed E-state index contributed by atoms with van der Waals surface area (Å²) in [6, 6.07) is 1.68. The smallest absolute Gasteiger partial charge is 0.418 e. The second-order valence-electron chi connectivity index (χ2n) is 5.87. The zero-order chi connectivity index (χ0) is 21.2. The average Bonchev–Trinajstić information content (AvgIpc) is 2.58. The van der Waals surface area contributed by atoms with Crippen LogP contribution in [0.4, 0.5) is 17.6 Å². The zero-order valence-corrected chi connectivity index (χ0v) is 15.4. The number of aliphatic carboxylic acids is 1. The molecule has 1 aromatic carbocycles. The van der Waals surface area contributed by atoms with Gasteiger partial charge in [-0.25, -0.2) is 9.18 Å². The predicted molar refractivity (Wildman–Crippen MR) is 91.5 cm³/mol. The molecule has 2 aromatic rings. The minimum atomic E-state index is -4.79. The standard InChI is InChI=1S/C17H15ClF4N2O4/c1-3-4-13(16(26)27)28-14-6-12(11(19)5-10(14)18)24-15(25)8(2)9(7-23-24)17(20,21)22/h5-7,13H,3-4H2,1-2H3,(H,26,27). The number of hydrogen-bond donors (Lipinski definition) is 1. The normalized spacial score (nSPS) is 12.7. The highest BCUT2D eigenvalue weighted by Crippen LogP contribution is 2.32. The van der Waals surface area contributed by atoms with Gasteiger partial charge in [0.25, 0.3) is 5.56 Å². The van der Waals surface area contributed by atoms with Gasteiger partial charge < -0.3 is 9.84 Å². The summed E-state index contributed by atoms with van der Waals surface area (Å²) in [4.78, 5) is 23.5. The fourth-order valence-corrected chi connectivity index (χ4v) is 2.61. The molecule has 152 valence electrons. The highest BCUT2D eigenvalue weighted by atomic mass is 35.5. The lowest BCUT2D eigenvalue weighted by Crippen LogP contribution is -2.29. The van der Waals surface area contributed by atoms with E-state index in [1.165, 1.54) is 0 Å². The number of nitrogens with zero attached hydrogens (tertiary/aromatic N) is 2. The highest BCUT2D eigenvalue weighted by molar-refractivity contribution is 6.32. The number of alkyl halides is 3. The molecule has 0 aliphatic rings. The third kappa shape index (κ3) is 4.44. The first-order chi connectivity index (χ1) is 13.0. The number of halogens is 5. The minimum absolute atomic E-state index is 0.135. The Balaban J connectivity index is 2.57. The lowest BCUT2D eigenvalue weighted by molar-refractivity contribution is -0.145. The van der Waals surface area contributed by atoms with Crippen LogP contribution in [0.1, 0.15) is 30.9 Å². The Morgan fingerprint density at radius 3 is 2.57 bits per heavy atom. The molecule has 1 heterocycles. The summed E-state index contributed by atoms with van der Waals surface area (Å²) >= 11 is 5.88. The molecule has 0 fully saturated rings. The monoisotopic (exact) mass is 422 g/mol. The number of aromatic nitrogens is 2. The molecule has 1 aromatic heterocycles. The van der Waals surface area contributed by atoms with Gasteiger partial charge in [-0.2, -0.15) is 23.0 Å². The summed E-state index contributed by atoms with van der Waals surface area (Å²) in [7, 11) is 0. The Hall–Kier alpha value is -2.62. The summed E-state index contributed by atoms with van der Waals surface area (Å²) < 4.78 is 58.7. The van der Waals surface area contributed by atoms with Gasteiger partial charge in [0.15, 0.2) is 11.9 Å². The highest BCUT2D eigenvalue weighted by Gasteiger charge is 2.34. The van der Waals surface area contributed by atoms with Crippen LogP contribution >= 0.6 is 11.6 Å². The maximum Gasteiger partial charge on any atom is 0.418 e. The van der Waals surface area contributed by atoms with Crippen molar-refractivity contribution in [2.45, 2.75) is 39.0 Å². The van der Waals surface area contributed by atoms with Gasteiger partial charge >= 0.3 is 12.1 Å². The van der Waals surface area contributed by atoms with E-state index >= 15 is 0 Å². The fraction of sp³-hybridized carbons (Fsp3) is 0.353. The number of carboxylic acid groups (broad SMARTS) is 1. The van der Waals surface area contributed by atoms with Gasteiger partial charge in [0, 0.05) is 11.6 Å². The van der Waals surface area contributed by atoms with Crippen LogP contribution in [-0.2, 0) is 11.0 Å². The Kier molecular flexibility index (Phi) is 6.33. The minimum Gasteiger partial charge on any atom is -0.479 e. The lowest BCUT2D eigenvalue weighted by atomic mass is 10.2. The largest absolute Gasteiger partial charge is 0.479 e. The van der Waals surface area contributed by atoms with Gasteiger partial charge in [0.05, 0.1) is 16.8 Å². The van der Waals surface area contributed by atoms with Crippen LogP contribution in [0, 0.1) is 12.7 Å². The molecule has 2 rings (SSSR count). The Bertz CT molecular complexity index is 959. The topological polar surface area (TPSA) is 81.4 Å². The molecule has 11 heteroatoms. The first kappa shape index (κ1) is 21.7. The van der Waals surface area contributed by atoms with E-state index in [1.54, 1.807) is 6.92 Å². The van der Waals surface area contributed by atoms with E-state index in [1.807, 2.05) is 0 Å². The maximum absolute atomic E-state index is 14.3. The second-order valence-corrected chi connectivity index (χ2v) is 6.27. The van der Waals surface area contributed by atoms with Crippen molar-refractivity contribution >= 4 is 17.6 Å². The Morgan fingerprint density at radius 2 is 2.04 bits per heavy atom. The molecular weight excluding hydrogens is 408 g/mol. The van der Waals surface area contributed by atoms with Crippen molar-refractivity contribution in [3.8, 4) is 11.4 Å². The molecular formula is C17H15ClF4N2O4. The van der Waals surface area contributed by atoms with E-state index < -0.39 is 46.4 Å². The van der Waals surface area contributed by atoms with Crippen LogP contribution in [0.2, 0.25) is 5.02 Å². The van der Waals surface area contributed by atoms with Crippen molar-refractivity contribution in [1.82, 2.24) is 9.78 Å². The first-order valence-electron chi connectivity index (χ1n) is 8.02. The van der Waals surface area contributed by atoms with E-state index in [0.29, 0.717) is 17.3 Å². The van der Waals surface area contributed by atoms with Crippen molar-refractivity contribution < 1.29 is 32.2 Å². The van der Waals surface area contributed by atoms with Crippen molar-refractivity contribution in [1.29, 1.82) is 0 Å². The Morgan fingerprint density at radius 1 is 1.39 bits per heavy atom. The first-order valence-corrected chi connectivity index (χ1v) is 8.40. The summed E-state index contributed by atoms with van der Waals surface area (Å²) in [5.74, 6) is -2.57. The molecule has 1 N–H and O–H groups in total. The average molecular weight is 423 g/mol. The van der Waals surface area contributed by atoms with Crippen LogP contribution in [-0.4, -0.2) is 27.0 Å². The molecule has 0 saturated heterocycles. The molecule has 1 atom stereocenters. The number of carbonyl (C=O) groups is 1. The van der Waals surface area contributed by atoms with Gasteiger partial charge in [-0.1, -0.05) is 24.9 Å². The van der Waals surface area contributed by atoms with E-state index in [2.05, 4.69) is 5.10 Å². The molecule has 1 unspecified atom stereocenters. The third-order valence-corrected chi connectivity index (χ3v) is 4.15. The molecule has 0 spiro atoms. The summed E-state index contributed by atoms with van der Waals surface area (Å²) in [6.45, 7) is 2.67. The number of carboxylic acids is 1. The molecule has 28 heavy (non-hydrogen) atoms. The number of ether oxygens (including phenoxy) is 1. The van der Waals surface area contributed by atoms with Gasteiger partial charge in [-0.05, 0) is 19.4 Å². The molecule has 0 amide bonds. The van der Waals surface area contributed by atoms with Crippen molar-refractivity contribution in [2.75, 3.05) is 0 Å². The number of benzene rings is 1. The number of hydrogen-bond acceptors (Lipinski definition) is 4. The molecule has 0 radical (unpaired) electrons.